The Balaban J connectivity index is 2.22. The lowest BCUT2D eigenvalue weighted by atomic mass is 10.0. The van der Waals surface area contributed by atoms with Crippen molar-refractivity contribution in [2.24, 2.45) is 0 Å². The van der Waals surface area contributed by atoms with Crippen LogP contribution in [0, 0.1) is 0 Å². The highest BCUT2D eigenvalue weighted by Gasteiger charge is 2.23. The molecule has 0 spiro atoms. The number of nitrogens with one attached hydrogen (secondary N) is 2. The SMILES string of the molecule is CCC(=O)NC1CCN(C(=O)CCNC(=O)OC(C)(C)C)CC1. The summed E-state index contributed by atoms with van der Waals surface area (Å²) in [5.74, 6) is 0.0673. The zero-order chi connectivity index (χ0) is 17.5. The summed E-state index contributed by atoms with van der Waals surface area (Å²) in [4.78, 5) is 36.7. The van der Waals surface area contributed by atoms with Crippen LogP contribution in [0.1, 0.15) is 53.4 Å². The minimum atomic E-state index is -0.543. The monoisotopic (exact) mass is 327 g/mol. The number of carbonyl (C=O) groups excluding carboxylic acids is 3. The molecular formula is C16H29N3O4. The van der Waals surface area contributed by atoms with Crippen LogP contribution >= 0.6 is 0 Å². The number of hydrogen-bond acceptors (Lipinski definition) is 4. The van der Waals surface area contributed by atoms with Crippen LogP contribution in [-0.2, 0) is 14.3 Å². The van der Waals surface area contributed by atoms with Crippen molar-refractivity contribution < 1.29 is 19.1 Å². The van der Waals surface area contributed by atoms with Gasteiger partial charge in [0.15, 0.2) is 0 Å². The van der Waals surface area contributed by atoms with E-state index in [9.17, 15) is 14.4 Å². The maximum absolute atomic E-state index is 12.1. The van der Waals surface area contributed by atoms with Crippen molar-refractivity contribution in [3.05, 3.63) is 0 Å². The normalized spacial score (nSPS) is 15.9. The summed E-state index contributed by atoms with van der Waals surface area (Å²) >= 11 is 0. The lowest BCUT2D eigenvalue weighted by molar-refractivity contribution is -0.132. The standard InChI is InChI=1S/C16H29N3O4/c1-5-13(20)18-12-7-10-19(11-8-12)14(21)6-9-17-15(22)23-16(2,3)4/h12H,5-11H2,1-4H3,(H,17,22)(H,18,20). The first-order valence-corrected chi connectivity index (χ1v) is 8.25. The molecule has 0 aliphatic carbocycles. The molecular weight excluding hydrogens is 298 g/mol. The van der Waals surface area contributed by atoms with Gasteiger partial charge in [-0.25, -0.2) is 4.79 Å². The smallest absolute Gasteiger partial charge is 0.407 e. The van der Waals surface area contributed by atoms with Crippen LogP contribution in [-0.4, -0.2) is 54.1 Å². The van der Waals surface area contributed by atoms with Crippen LogP contribution in [0.3, 0.4) is 0 Å². The number of amides is 3. The number of piperidine rings is 1. The molecule has 0 saturated carbocycles. The van der Waals surface area contributed by atoms with Gasteiger partial charge in [-0.2, -0.15) is 0 Å². The molecule has 1 aliphatic heterocycles. The van der Waals surface area contributed by atoms with Gasteiger partial charge in [0.1, 0.15) is 5.60 Å². The van der Waals surface area contributed by atoms with Crippen molar-refractivity contribution in [3.8, 4) is 0 Å². The number of nitrogens with zero attached hydrogens (tertiary/aromatic N) is 1. The number of likely N-dealkylation sites (tertiary alicyclic amines) is 1. The van der Waals surface area contributed by atoms with Gasteiger partial charge in [-0.3, -0.25) is 9.59 Å². The first-order valence-electron chi connectivity index (χ1n) is 8.25. The van der Waals surface area contributed by atoms with Crippen LogP contribution in [0.25, 0.3) is 0 Å². The molecule has 2 N–H and O–H groups in total. The molecule has 1 heterocycles. The third kappa shape index (κ3) is 7.85. The summed E-state index contributed by atoms with van der Waals surface area (Å²) in [5, 5.41) is 5.54. The van der Waals surface area contributed by atoms with Gasteiger partial charge < -0.3 is 20.3 Å². The second-order valence-electron chi connectivity index (χ2n) is 6.75. The van der Waals surface area contributed by atoms with Gasteiger partial charge in [0, 0.05) is 38.5 Å². The van der Waals surface area contributed by atoms with Gasteiger partial charge >= 0.3 is 6.09 Å². The maximum Gasteiger partial charge on any atom is 0.407 e. The largest absolute Gasteiger partial charge is 0.444 e. The molecule has 132 valence electrons. The number of hydrogen-bond donors (Lipinski definition) is 2. The molecule has 1 fully saturated rings. The minimum absolute atomic E-state index is 0.0151. The van der Waals surface area contributed by atoms with Gasteiger partial charge in [-0.1, -0.05) is 6.92 Å². The highest BCUT2D eigenvalue weighted by Crippen LogP contribution is 2.11. The van der Waals surface area contributed by atoms with Crippen LogP contribution in [0.15, 0.2) is 0 Å². The highest BCUT2D eigenvalue weighted by atomic mass is 16.6. The molecule has 1 rings (SSSR count). The fraction of sp³-hybridized carbons (Fsp3) is 0.812. The Morgan fingerprint density at radius 1 is 1.17 bits per heavy atom. The van der Waals surface area contributed by atoms with E-state index in [0.717, 1.165) is 12.8 Å². The van der Waals surface area contributed by atoms with Crippen LogP contribution in [0.2, 0.25) is 0 Å². The fourth-order valence-corrected chi connectivity index (χ4v) is 2.35. The van der Waals surface area contributed by atoms with Gasteiger partial charge in [0.05, 0.1) is 0 Å². The molecule has 0 aromatic heterocycles. The minimum Gasteiger partial charge on any atom is -0.444 e. The van der Waals surface area contributed by atoms with Crippen molar-refractivity contribution in [3.63, 3.8) is 0 Å². The molecule has 1 saturated heterocycles. The molecule has 0 aromatic rings. The van der Waals surface area contributed by atoms with Gasteiger partial charge in [0.25, 0.3) is 0 Å². The molecule has 0 unspecified atom stereocenters. The fourth-order valence-electron chi connectivity index (χ4n) is 2.35. The van der Waals surface area contributed by atoms with Crippen molar-refractivity contribution in [2.45, 2.75) is 65.0 Å². The number of alkyl carbamates (subject to hydrolysis) is 1. The molecule has 0 atom stereocenters. The number of ether oxygens (including phenoxy) is 1. The predicted octanol–water partition coefficient (Wildman–Crippen LogP) is 1.42. The first kappa shape index (κ1) is 19.3. The van der Waals surface area contributed by atoms with Crippen LogP contribution in [0.5, 0.6) is 0 Å². The highest BCUT2D eigenvalue weighted by molar-refractivity contribution is 5.78. The lowest BCUT2D eigenvalue weighted by Crippen LogP contribution is -2.47. The van der Waals surface area contributed by atoms with E-state index in [-0.39, 0.29) is 30.8 Å². The van der Waals surface area contributed by atoms with Gasteiger partial charge in [-0.15, -0.1) is 0 Å². The molecule has 7 nitrogen and oxygen atoms in total. The summed E-state index contributed by atoms with van der Waals surface area (Å²) in [6.45, 7) is 8.74. The van der Waals surface area contributed by atoms with Gasteiger partial charge in [-0.05, 0) is 33.6 Å². The topological polar surface area (TPSA) is 87.7 Å². The first-order chi connectivity index (χ1) is 10.7. The molecule has 1 aliphatic rings. The molecule has 0 radical (unpaired) electrons. The van der Waals surface area contributed by atoms with Crippen molar-refractivity contribution in [1.29, 1.82) is 0 Å². The Morgan fingerprint density at radius 2 is 1.78 bits per heavy atom. The zero-order valence-corrected chi connectivity index (χ0v) is 14.6. The Morgan fingerprint density at radius 3 is 2.30 bits per heavy atom. The van der Waals surface area contributed by atoms with Crippen LogP contribution in [0.4, 0.5) is 4.79 Å². The molecule has 3 amide bonds. The van der Waals surface area contributed by atoms with Crippen molar-refractivity contribution in [1.82, 2.24) is 15.5 Å². The van der Waals surface area contributed by atoms with Crippen LogP contribution < -0.4 is 10.6 Å². The molecule has 7 heteroatoms. The third-order valence-corrected chi connectivity index (χ3v) is 3.54. The second kappa shape index (κ2) is 8.74. The lowest BCUT2D eigenvalue weighted by Gasteiger charge is -2.32. The molecule has 0 aromatic carbocycles. The Kier molecular flexibility index (Phi) is 7.32. The van der Waals surface area contributed by atoms with Gasteiger partial charge in [0.2, 0.25) is 11.8 Å². The average molecular weight is 327 g/mol. The second-order valence-corrected chi connectivity index (χ2v) is 6.75. The Labute approximate surface area is 138 Å². The van der Waals surface area contributed by atoms with E-state index in [4.69, 9.17) is 4.74 Å². The quantitative estimate of drug-likeness (QED) is 0.799. The number of carbonyl (C=O) groups is 3. The average Bonchev–Trinajstić information content (AvgIpc) is 2.45. The molecule has 23 heavy (non-hydrogen) atoms. The Bertz CT molecular complexity index is 424. The zero-order valence-electron chi connectivity index (χ0n) is 14.6. The van der Waals surface area contributed by atoms with E-state index in [1.807, 2.05) is 6.92 Å². The number of rotatable bonds is 5. The molecule has 0 bridgehead atoms. The van der Waals surface area contributed by atoms with E-state index >= 15 is 0 Å². The predicted molar refractivity (Wildman–Crippen MR) is 86.9 cm³/mol. The maximum atomic E-state index is 12.1. The summed E-state index contributed by atoms with van der Waals surface area (Å²) in [7, 11) is 0. The summed E-state index contributed by atoms with van der Waals surface area (Å²) < 4.78 is 5.11. The summed E-state index contributed by atoms with van der Waals surface area (Å²) in [5.41, 5.74) is -0.543. The van der Waals surface area contributed by atoms with E-state index in [1.54, 1.807) is 25.7 Å². The van der Waals surface area contributed by atoms with E-state index in [1.165, 1.54) is 0 Å². The third-order valence-electron chi connectivity index (χ3n) is 3.54. The Hall–Kier alpha value is -1.79. The van der Waals surface area contributed by atoms with E-state index in [2.05, 4.69) is 10.6 Å². The summed E-state index contributed by atoms with van der Waals surface area (Å²) in [6.07, 6.45) is 1.78. The van der Waals surface area contributed by atoms with Crippen molar-refractivity contribution >= 4 is 17.9 Å². The van der Waals surface area contributed by atoms with E-state index in [0.29, 0.717) is 19.5 Å². The summed E-state index contributed by atoms with van der Waals surface area (Å²) in [6, 6.07) is 0.159. The van der Waals surface area contributed by atoms with Crippen molar-refractivity contribution in [2.75, 3.05) is 19.6 Å². The van der Waals surface area contributed by atoms with E-state index < -0.39 is 11.7 Å².